The Balaban J connectivity index is 1.16. The Kier molecular flexibility index (Phi) is 9.46. The molecule has 0 fully saturated rings. The summed E-state index contributed by atoms with van der Waals surface area (Å²) in [5, 5.41) is 7.95. The fourth-order valence-electron chi connectivity index (χ4n) is 4.64. The molecule has 230 valence electrons. The highest BCUT2D eigenvalue weighted by molar-refractivity contribution is 8.00. The van der Waals surface area contributed by atoms with Gasteiger partial charge in [0.25, 0.3) is 11.8 Å². The molecule has 46 heavy (non-hydrogen) atoms. The lowest BCUT2D eigenvalue weighted by atomic mass is 10.1. The van der Waals surface area contributed by atoms with E-state index >= 15 is 0 Å². The number of rotatable bonds is 10. The summed E-state index contributed by atoms with van der Waals surface area (Å²) >= 11 is 1.38. The average Bonchev–Trinajstić information content (AvgIpc) is 3.61. The van der Waals surface area contributed by atoms with Gasteiger partial charge in [-0.05, 0) is 66.2 Å². The maximum atomic E-state index is 13.6. The lowest BCUT2D eigenvalue weighted by Crippen LogP contribution is -2.30. The van der Waals surface area contributed by atoms with Gasteiger partial charge in [-0.15, -0.1) is 11.8 Å². The average molecular weight is 632 g/mol. The molecule has 10 heteroatoms. The highest BCUT2D eigenvalue weighted by Gasteiger charge is 2.23. The molecule has 6 rings (SSSR count). The third-order valence-electron chi connectivity index (χ3n) is 6.87. The maximum Gasteiger partial charge on any atom is 0.272 e. The van der Waals surface area contributed by atoms with Crippen molar-refractivity contribution in [3.05, 3.63) is 144 Å². The van der Waals surface area contributed by atoms with E-state index in [-0.39, 0.29) is 11.6 Å². The van der Waals surface area contributed by atoms with Crippen molar-refractivity contribution < 1.29 is 28.3 Å². The first kappa shape index (κ1) is 30.3. The van der Waals surface area contributed by atoms with Crippen LogP contribution in [0.15, 0.2) is 137 Å². The smallest absolute Gasteiger partial charge is 0.272 e. The van der Waals surface area contributed by atoms with Gasteiger partial charge in [-0.2, -0.15) is 0 Å². The maximum absolute atomic E-state index is 13.6. The van der Waals surface area contributed by atoms with Crippen LogP contribution in [0.3, 0.4) is 0 Å². The molecule has 2 heterocycles. The Morgan fingerprint density at radius 1 is 0.717 bits per heavy atom. The summed E-state index contributed by atoms with van der Waals surface area (Å²) in [6.45, 7) is 0.939. The molecule has 0 saturated carbocycles. The number of fused-ring (bicyclic) bond motifs is 1. The Morgan fingerprint density at radius 3 is 2.13 bits per heavy atom. The second-order valence-corrected chi connectivity index (χ2v) is 11.3. The van der Waals surface area contributed by atoms with E-state index in [0.29, 0.717) is 47.4 Å². The number of hydrogen-bond donors (Lipinski definition) is 3. The lowest BCUT2D eigenvalue weighted by Gasteiger charge is -2.20. The SMILES string of the molecule is O=C(Nc1ccc(SC(C(=O)Nc2ccc3c(c2)OCCO3)c2ccccc2)cc1)/C(=C/c1ccco1)NC(=O)c1ccccc1. The molecule has 1 aliphatic heterocycles. The van der Waals surface area contributed by atoms with Crippen molar-refractivity contribution >= 4 is 46.9 Å². The highest BCUT2D eigenvalue weighted by Crippen LogP contribution is 2.38. The summed E-state index contributed by atoms with van der Waals surface area (Å²) in [5.74, 6) is 0.489. The molecule has 1 atom stereocenters. The molecule has 3 amide bonds. The molecule has 4 aromatic carbocycles. The molecule has 5 aromatic rings. The van der Waals surface area contributed by atoms with E-state index in [4.69, 9.17) is 13.9 Å². The highest BCUT2D eigenvalue weighted by atomic mass is 32.2. The van der Waals surface area contributed by atoms with Crippen LogP contribution in [-0.2, 0) is 9.59 Å². The number of anilines is 2. The molecule has 1 unspecified atom stereocenters. The summed E-state index contributed by atoms with van der Waals surface area (Å²) in [6, 6.07) is 33.9. The molecule has 1 aliphatic rings. The summed E-state index contributed by atoms with van der Waals surface area (Å²) in [7, 11) is 0. The van der Waals surface area contributed by atoms with Gasteiger partial charge in [0.05, 0.1) is 6.26 Å². The second-order valence-electron chi connectivity index (χ2n) is 10.1. The van der Waals surface area contributed by atoms with Crippen molar-refractivity contribution in [2.75, 3.05) is 23.8 Å². The number of benzene rings is 4. The predicted molar refractivity (Wildman–Crippen MR) is 177 cm³/mol. The van der Waals surface area contributed by atoms with Crippen molar-refractivity contribution in [1.82, 2.24) is 5.32 Å². The normalized spacial score (nSPS) is 12.9. The van der Waals surface area contributed by atoms with Gasteiger partial charge in [-0.3, -0.25) is 14.4 Å². The van der Waals surface area contributed by atoms with Gasteiger partial charge >= 0.3 is 0 Å². The van der Waals surface area contributed by atoms with Crippen LogP contribution in [0, 0.1) is 0 Å². The van der Waals surface area contributed by atoms with Crippen LogP contribution in [-0.4, -0.2) is 30.9 Å². The minimum Gasteiger partial charge on any atom is -0.486 e. The monoisotopic (exact) mass is 631 g/mol. The van der Waals surface area contributed by atoms with E-state index in [0.717, 1.165) is 10.5 Å². The fourth-order valence-corrected chi connectivity index (χ4v) is 5.66. The second kappa shape index (κ2) is 14.4. The van der Waals surface area contributed by atoms with Crippen molar-refractivity contribution in [3.63, 3.8) is 0 Å². The quantitative estimate of drug-likeness (QED) is 0.113. The topological polar surface area (TPSA) is 119 Å². The van der Waals surface area contributed by atoms with E-state index in [9.17, 15) is 14.4 Å². The molecular weight excluding hydrogens is 602 g/mol. The number of thioether (sulfide) groups is 1. The van der Waals surface area contributed by atoms with Crippen LogP contribution in [0.4, 0.5) is 11.4 Å². The van der Waals surface area contributed by atoms with Crippen molar-refractivity contribution in [2.45, 2.75) is 10.1 Å². The first-order chi connectivity index (χ1) is 22.5. The summed E-state index contributed by atoms with van der Waals surface area (Å²) in [4.78, 5) is 40.5. The third kappa shape index (κ3) is 7.66. The molecule has 1 aromatic heterocycles. The van der Waals surface area contributed by atoms with Crippen molar-refractivity contribution in [1.29, 1.82) is 0 Å². The Bertz CT molecular complexity index is 1840. The molecule has 0 aliphatic carbocycles. The largest absolute Gasteiger partial charge is 0.486 e. The first-order valence-corrected chi connectivity index (χ1v) is 15.3. The van der Waals surface area contributed by atoms with Gasteiger partial charge < -0.3 is 29.8 Å². The number of ether oxygens (including phenoxy) is 2. The van der Waals surface area contributed by atoms with Crippen LogP contribution in [0.2, 0.25) is 0 Å². The van der Waals surface area contributed by atoms with Gasteiger partial charge in [0.15, 0.2) is 11.5 Å². The van der Waals surface area contributed by atoms with Gasteiger partial charge in [-0.1, -0.05) is 48.5 Å². The zero-order valence-corrected chi connectivity index (χ0v) is 25.3. The summed E-state index contributed by atoms with van der Waals surface area (Å²) < 4.78 is 16.6. The number of carbonyl (C=O) groups is 3. The minimum absolute atomic E-state index is 0.0159. The fraction of sp³-hybridized carbons (Fsp3) is 0.0833. The molecule has 0 saturated heterocycles. The molecule has 0 spiro atoms. The van der Waals surface area contributed by atoms with Gasteiger partial charge in [0.1, 0.15) is 29.9 Å². The van der Waals surface area contributed by atoms with E-state index in [1.54, 1.807) is 72.8 Å². The van der Waals surface area contributed by atoms with Crippen LogP contribution in [0.1, 0.15) is 26.9 Å². The van der Waals surface area contributed by atoms with Gasteiger partial charge in [0.2, 0.25) is 5.91 Å². The van der Waals surface area contributed by atoms with E-state index < -0.39 is 17.1 Å². The summed E-state index contributed by atoms with van der Waals surface area (Å²) in [6.07, 6.45) is 2.95. The van der Waals surface area contributed by atoms with Crippen molar-refractivity contribution in [3.8, 4) is 11.5 Å². The molecule has 3 N–H and O–H groups in total. The molecular formula is C36H29N3O6S. The minimum atomic E-state index is -0.564. The molecule has 9 nitrogen and oxygen atoms in total. The zero-order chi connectivity index (χ0) is 31.7. The van der Waals surface area contributed by atoms with Crippen LogP contribution >= 0.6 is 11.8 Å². The van der Waals surface area contributed by atoms with E-state index in [2.05, 4.69) is 16.0 Å². The van der Waals surface area contributed by atoms with Gasteiger partial charge in [0, 0.05) is 34.0 Å². The third-order valence-corrected chi connectivity index (χ3v) is 8.14. The Morgan fingerprint density at radius 2 is 1.41 bits per heavy atom. The number of furan rings is 1. The van der Waals surface area contributed by atoms with E-state index in [1.165, 1.54) is 24.1 Å². The number of carbonyl (C=O) groups excluding carboxylic acids is 3. The van der Waals surface area contributed by atoms with Crippen LogP contribution in [0.5, 0.6) is 11.5 Å². The van der Waals surface area contributed by atoms with E-state index in [1.807, 2.05) is 42.5 Å². The summed E-state index contributed by atoms with van der Waals surface area (Å²) in [5.41, 5.74) is 2.37. The van der Waals surface area contributed by atoms with Crippen LogP contribution in [0.25, 0.3) is 6.08 Å². The Hall–Kier alpha value is -5.74. The molecule has 0 bridgehead atoms. The first-order valence-electron chi connectivity index (χ1n) is 14.5. The standard InChI is InChI=1S/C36H29N3O6S/c40-34(25-10-5-2-6-11-25)39-30(23-28-12-7-19-43-28)35(41)37-26-13-16-29(17-14-26)46-33(24-8-3-1-4-9-24)36(42)38-27-15-18-31-32(22-27)45-21-20-44-31/h1-19,22-23,33H,20-21H2,(H,37,41)(H,38,42)(H,39,40)/b30-23-. The number of hydrogen-bond acceptors (Lipinski definition) is 7. The predicted octanol–water partition coefficient (Wildman–Crippen LogP) is 6.93. The Labute approximate surface area is 269 Å². The van der Waals surface area contributed by atoms with Crippen LogP contribution < -0.4 is 25.4 Å². The number of amides is 3. The number of nitrogens with one attached hydrogen (secondary N) is 3. The molecule has 0 radical (unpaired) electrons. The van der Waals surface area contributed by atoms with Crippen molar-refractivity contribution in [2.24, 2.45) is 0 Å². The lowest BCUT2D eigenvalue weighted by molar-refractivity contribution is -0.116. The zero-order valence-electron chi connectivity index (χ0n) is 24.5. The van der Waals surface area contributed by atoms with Gasteiger partial charge in [-0.25, -0.2) is 0 Å².